The number of likely N-dealkylation sites (N-methyl/N-ethyl adjacent to an activating group) is 1. The molecule has 1 saturated heterocycles. The first-order chi connectivity index (χ1) is 9.61. The second-order valence-electron chi connectivity index (χ2n) is 5.20. The zero-order chi connectivity index (χ0) is 14.5. The van der Waals surface area contributed by atoms with Crippen molar-refractivity contribution in [1.82, 2.24) is 20.5 Å². The normalized spacial score (nSPS) is 15.4. The Labute approximate surface area is 131 Å². The summed E-state index contributed by atoms with van der Waals surface area (Å²) in [5, 5.41) is 5.87. The standard InChI is InChI=1S/C14H22N4O2.ClH/c1-10(15-2)8-17-13(19)11-7-12(16-9-11)14(20)18-5-3-4-6-18;/h7,9-10,15-16H,3-6,8H2,1-2H3,(H,17,19);1H. The lowest BCUT2D eigenvalue weighted by atomic mass is 10.2. The highest BCUT2D eigenvalue weighted by Crippen LogP contribution is 2.13. The van der Waals surface area contributed by atoms with E-state index in [1.807, 2.05) is 18.9 Å². The van der Waals surface area contributed by atoms with Gasteiger partial charge in [0.15, 0.2) is 0 Å². The first kappa shape index (κ1) is 17.5. The van der Waals surface area contributed by atoms with Crippen LogP contribution in [-0.2, 0) is 0 Å². The molecule has 1 aromatic rings. The van der Waals surface area contributed by atoms with Gasteiger partial charge >= 0.3 is 0 Å². The summed E-state index contributed by atoms with van der Waals surface area (Å²) in [5.41, 5.74) is 0.981. The first-order valence-electron chi connectivity index (χ1n) is 7.05. The predicted molar refractivity (Wildman–Crippen MR) is 84.0 cm³/mol. The van der Waals surface area contributed by atoms with Crippen LogP contribution in [0.4, 0.5) is 0 Å². The zero-order valence-corrected chi connectivity index (χ0v) is 13.3. The third-order valence-electron chi connectivity index (χ3n) is 3.63. The molecular formula is C14H23ClN4O2. The van der Waals surface area contributed by atoms with Gasteiger partial charge in [-0.15, -0.1) is 12.4 Å². The maximum Gasteiger partial charge on any atom is 0.270 e. The Kier molecular flexibility index (Phi) is 6.71. The summed E-state index contributed by atoms with van der Waals surface area (Å²) in [5.74, 6) is -0.186. The zero-order valence-electron chi connectivity index (χ0n) is 12.4. The second-order valence-corrected chi connectivity index (χ2v) is 5.20. The molecule has 2 amide bonds. The van der Waals surface area contributed by atoms with Gasteiger partial charge in [0.25, 0.3) is 11.8 Å². The van der Waals surface area contributed by atoms with Gasteiger partial charge in [0.1, 0.15) is 5.69 Å². The molecule has 0 saturated carbocycles. The van der Waals surface area contributed by atoms with Crippen LogP contribution < -0.4 is 10.6 Å². The summed E-state index contributed by atoms with van der Waals surface area (Å²) in [6, 6.07) is 1.84. The molecule has 2 rings (SSSR count). The highest BCUT2D eigenvalue weighted by molar-refractivity contribution is 5.99. The lowest BCUT2D eigenvalue weighted by Gasteiger charge is -2.13. The molecule has 1 aliphatic rings. The van der Waals surface area contributed by atoms with E-state index in [2.05, 4.69) is 15.6 Å². The van der Waals surface area contributed by atoms with Crippen LogP contribution in [0.3, 0.4) is 0 Å². The van der Waals surface area contributed by atoms with Crippen molar-refractivity contribution in [2.45, 2.75) is 25.8 Å². The van der Waals surface area contributed by atoms with Crippen LogP contribution in [0.5, 0.6) is 0 Å². The van der Waals surface area contributed by atoms with E-state index < -0.39 is 0 Å². The van der Waals surface area contributed by atoms with Gasteiger partial charge < -0.3 is 20.5 Å². The topological polar surface area (TPSA) is 77.2 Å². The Morgan fingerprint density at radius 3 is 2.67 bits per heavy atom. The van der Waals surface area contributed by atoms with Crippen molar-refractivity contribution in [1.29, 1.82) is 0 Å². The maximum absolute atomic E-state index is 12.1. The molecular weight excluding hydrogens is 292 g/mol. The molecule has 3 N–H and O–H groups in total. The molecule has 0 aliphatic carbocycles. The van der Waals surface area contributed by atoms with Gasteiger partial charge in [-0.1, -0.05) is 0 Å². The summed E-state index contributed by atoms with van der Waals surface area (Å²) in [6.45, 7) is 4.15. The van der Waals surface area contributed by atoms with E-state index in [0.717, 1.165) is 25.9 Å². The second kappa shape index (κ2) is 8.05. The Bertz CT molecular complexity index is 483. The molecule has 21 heavy (non-hydrogen) atoms. The fourth-order valence-electron chi connectivity index (χ4n) is 2.19. The van der Waals surface area contributed by atoms with E-state index in [9.17, 15) is 9.59 Å². The Morgan fingerprint density at radius 2 is 2.05 bits per heavy atom. The number of amides is 2. The fourth-order valence-corrected chi connectivity index (χ4v) is 2.19. The van der Waals surface area contributed by atoms with Crippen molar-refractivity contribution in [2.75, 3.05) is 26.7 Å². The molecule has 1 atom stereocenters. The van der Waals surface area contributed by atoms with E-state index in [0.29, 0.717) is 17.8 Å². The van der Waals surface area contributed by atoms with Gasteiger partial charge in [-0.3, -0.25) is 9.59 Å². The van der Waals surface area contributed by atoms with E-state index in [4.69, 9.17) is 0 Å². The number of carbonyl (C=O) groups excluding carboxylic acids is 2. The van der Waals surface area contributed by atoms with Crippen molar-refractivity contribution in [2.24, 2.45) is 0 Å². The van der Waals surface area contributed by atoms with Gasteiger partial charge in [0, 0.05) is 31.9 Å². The average Bonchev–Trinajstić information content (AvgIpc) is 3.13. The van der Waals surface area contributed by atoms with Crippen LogP contribution in [0.2, 0.25) is 0 Å². The highest BCUT2D eigenvalue weighted by Gasteiger charge is 2.21. The van der Waals surface area contributed by atoms with Gasteiger partial charge in [0.05, 0.1) is 5.56 Å². The summed E-state index contributed by atoms with van der Waals surface area (Å²) in [7, 11) is 1.85. The van der Waals surface area contributed by atoms with Crippen molar-refractivity contribution in [3.8, 4) is 0 Å². The molecule has 6 nitrogen and oxygen atoms in total. The number of likely N-dealkylation sites (tertiary alicyclic amines) is 1. The van der Waals surface area contributed by atoms with Gasteiger partial charge in [0.2, 0.25) is 0 Å². The smallest absolute Gasteiger partial charge is 0.270 e. The molecule has 1 aliphatic heterocycles. The van der Waals surface area contributed by atoms with Crippen LogP contribution in [0.1, 0.15) is 40.6 Å². The number of carbonyl (C=O) groups is 2. The summed E-state index contributed by atoms with van der Waals surface area (Å²) < 4.78 is 0. The summed E-state index contributed by atoms with van der Waals surface area (Å²) >= 11 is 0. The molecule has 0 radical (unpaired) electrons. The monoisotopic (exact) mass is 314 g/mol. The van der Waals surface area contributed by atoms with Gasteiger partial charge in [-0.05, 0) is 32.9 Å². The number of H-pyrrole nitrogens is 1. The van der Waals surface area contributed by atoms with Gasteiger partial charge in [-0.25, -0.2) is 0 Å². The number of hydrogen-bond acceptors (Lipinski definition) is 3. The molecule has 2 heterocycles. The summed E-state index contributed by atoms with van der Waals surface area (Å²) in [4.78, 5) is 28.8. The number of halogens is 1. The Hall–Kier alpha value is -1.53. The van der Waals surface area contributed by atoms with Crippen LogP contribution in [0.25, 0.3) is 0 Å². The van der Waals surface area contributed by atoms with Crippen molar-refractivity contribution in [3.63, 3.8) is 0 Å². The third kappa shape index (κ3) is 4.47. The SMILES string of the molecule is CNC(C)CNC(=O)c1c[nH]c(C(=O)N2CCCC2)c1.Cl. The molecule has 7 heteroatoms. The molecule has 118 valence electrons. The highest BCUT2D eigenvalue weighted by atomic mass is 35.5. The third-order valence-corrected chi connectivity index (χ3v) is 3.63. The Balaban J connectivity index is 0.00000220. The van der Waals surface area contributed by atoms with Crippen LogP contribution in [0.15, 0.2) is 12.3 Å². The quantitative estimate of drug-likeness (QED) is 0.759. The van der Waals surface area contributed by atoms with Crippen molar-refractivity contribution < 1.29 is 9.59 Å². The minimum Gasteiger partial charge on any atom is -0.356 e. The van der Waals surface area contributed by atoms with E-state index >= 15 is 0 Å². The minimum atomic E-state index is -0.163. The lowest BCUT2D eigenvalue weighted by Crippen LogP contribution is -2.37. The Morgan fingerprint density at radius 1 is 1.38 bits per heavy atom. The first-order valence-corrected chi connectivity index (χ1v) is 7.05. The van der Waals surface area contributed by atoms with Gasteiger partial charge in [-0.2, -0.15) is 0 Å². The fraction of sp³-hybridized carbons (Fsp3) is 0.571. The average molecular weight is 315 g/mol. The molecule has 0 aromatic carbocycles. The van der Waals surface area contributed by atoms with Crippen molar-refractivity contribution >= 4 is 24.2 Å². The van der Waals surface area contributed by atoms with E-state index in [-0.39, 0.29) is 30.3 Å². The molecule has 1 fully saturated rings. The molecule has 1 aromatic heterocycles. The summed E-state index contributed by atoms with van der Waals surface area (Å²) in [6.07, 6.45) is 3.70. The van der Waals surface area contributed by atoms with Crippen molar-refractivity contribution in [3.05, 3.63) is 23.5 Å². The number of aromatic nitrogens is 1. The number of rotatable bonds is 5. The van der Waals surface area contributed by atoms with Crippen LogP contribution in [0, 0.1) is 0 Å². The minimum absolute atomic E-state index is 0. The largest absolute Gasteiger partial charge is 0.356 e. The molecule has 0 spiro atoms. The number of aromatic amines is 1. The van der Waals surface area contributed by atoms with Crippen LogP contribution >= 0.6 is 12.4 Å². The maximum atomic E-state index is 12.1. The number of nitrogens with zero attached hydrogens (tertiary/aromatic N) is 1. The number of nitrogens with one attached hydrogen (secondary N) is 3. The van der Waals surface area contributed by atoms with E-state index in [1.165, 1.54) is 0 Å². The predicted octanol–water partition coefficient (Wildman–Crippen LogP) is 1.01. The van der Waals surface area contributed by atoms with Crippen LogP contribution in [-0.4, -0.2) is 54.4 Å². The molecule has 1 unspecified atom stereocenters. The number of hydrogen-bond donors (Lipinski definition) is 3. The lowest BCUT2D eigenvalue weighted by molar-refractivity contribution is 0.0787. The molecule has 0 bridgehead atoms. The van der Waals surface area contributed by atoms with E-state index in [1.54, 1.807) is 12.3 Å².